The van der Waals surface area contributed by atoms with E-state index in [9.17, 15) is 14.9 Å². The van der Waals surface area contributed by atoms with Crippen LogP contribution in [0.25, 0.3) is 21.5 Å². The topological polar surface area (TPSA) is 90.9 Å². The molecule has 2 aromatic heterocycles. The summed E-state index contributed by atoms with van der Waals surface area (Å²) < 4.78 is 1.42. The number of hydrogen-bond acceptors (Lipinski definition) is 6. The van der Waals surface area contributed by atoms with Gasteiger partial charge in [-0.3, -0.25) is 19.5 Å². The zero-order chi connectivity index (χ0) is 19.0. The Labute approximate surface area is 157 Å². The van der Waals surface area contributed by atoms with Crippen LogP contribution < -0.4 is 5.56 Å². The van der Waals surface area contributed by atoms with Gasteiger partial charge in [0.05, 0.1) is 34.4 Å². The minimum absolute atomic E-state index is 0.130. The molecule has 0 bridgehead atoms. The van der Waals surface area contributed by atoms with Crippen LogP contribution in [0.4, 0.5) is 5.69 Å². The summed E-state index contributed by atoms with van der Waals surface area (Å²) in [5, 5.41) is 14.0. The molecule has 0 saturated heterocycles. The van der Waals surface area contributed by atoms with E-state index < -0.39 is 4.92 Å². The molecule has 0 spiro atoms. The average molecular weight is 378 g/mol. The molecule has 0 N–H and O–H groups in total. The molecule has 0 aliphatic carbocycles. The van der Waals surface area contributed by atoms with Crippen LogP contribution in [-0.2, 0) is 6.54 Å². The van der Waals surface area contributed by atoms with Gasteiger partial charge in [0, 0.05) is 23.1 Å². The van der Waals surface area contributed by atoms with Crippen LogP contribution in [0.3, 0.4) is 0 Å². The first-order valence-corrected chi connectivity index (χ1v) is 9.04. The van der Waals surface area contributed by atoms with Crippen molar-refractivity contribution in [1.82, 2.24) is 14.5 Å². The highest BCUT2D eigenvalue weighted by Crippen LogP contribution is 2.24. The molecule has 4 rings (SSSR count). The number of thiazole rings is 1. The number of nitro benzene ring substituents is 1. The van der Waals surface area contributed by atoms with E-state index in [1.165, 1.54) is 46.0 Å². The Morgan fingerprint density at radius 3 is 2.70 bits per heavy atom. The van der Waals surface area contributed by atoms with Gasteiger partial charge in [-0.2, -0.15) is 0 Å². The number of nitro groups is 1. The first-order chi connectivity index (χ1) is 13.0. The van der Waals surface area contributed by atoms with Crippen molar-refractivity contribution >= 4 is 27.9 Å². The Bertz CT molecular complexity index is 1210. The fourth-order valence-corrected chi connectivity index (χ4v) is 3.57. The first kappa shape index (κ1) is 17.0. The molecule has 0 aliphatic rings. The van der Waals surface area contributed by atoms with Crippen LogP contribution in [0, 0.1) is 17.0 Å². The smallest absolute Gasteiger partial charge is 0.270 e. The third-order valence-corrected chi connectivity index (χ3v) is 5.14. The van der Waals surface area contributed by atoms with E-state index in [2.05, 4.69) is 9.97 Å². The average Bonchev–Trinajstić information content (AvgIpc) is 3.13. The van der Waals surface area contributed by atoms with E-state index >= 15 is 0 Å². The van der Waals surface area contributed by atoms with Crippen molar-refractivity contribution in [2.24, 2.45) is 0 Å². The van der Waals surface area contributed by atoms with Crippen molar-refractivity contribution in [3.63, 3.8) is 0 Å². The summed E-state index contributed by atoms with van der Waals surface area (Å²) in [5.74, 6) is 0. The number of fused-ring (bicyclic) bond motifs is 1. The van der Waals surface area contributed by atoms with E-state index in [4.69, 9.17) is 0 Å². The second-order valence-electron chi connectivity index (χ2n) is 6.15. The number of hydrogen-bond donors (Lipinski definition) is 0. The lowest BCUT2D eigenvalue weighted by atomic mass is 10.2. The highest BCUT2D eigenvalue weighted by atomic mass is 32.1. The van der Waals surface area contributed by atoms with Crippen LogP contribution >= 0.6 is 11.3 Å². The first-order valence-electron chi connectivity index (χ1n) is 8.16. The summed E-state index contributed by atoms with van der Waals surface area (Å²) in [6.45, 7) is 2.29. The minimum Gasteiger partial charge on any atom is -0.293 e. The predicted octanol–water partition coefficient (Wildman–Crippen LogP) is 3.78. The molecule has 4 aromatic rings. The summed E-state index contributed by atoms with van der Waals surface area (Å²) in [4.78, 5) is 32.0. The molecule has 0 radical (unpaired) electrons. The van der Waals surface area contributed by atoms with Crippen molar-refractivity contribution in [2.75, 3.05) is 0 Å². The third kappa shape index (κ3) is 3.34. The van der Waals surface area contributed by atoms with Gasteiger partial charge >= 0.3 is 0 Å². The standard InChI is InChI=1S/C19H14N4O3S/c1-12-2-4-13(5-3-12)18-21-14(10-27-18)9-22-11-20-17-7-6-15(23(25)26)8-16(17)19(22)24/h2-8,10-11H,9H2,1H3. The van der Waals surface area contributed by atoms with Crippen LogP contribution in [0.1, 0.15) is 11.3 Å². The van der Waals surface area contributed by atoms with E-state index in [0.29, 0.717) is 5.52 Å². The lowest BCUT2D eigenvalue weighted by Gasteiger charge is -2.04. The van der Waals surface area contributed by atoms with Crippen LogP contribution in [0.5, 0.6) is 0 Å². The largest absolute Gasteiger partial charge is 0.293 e. The molecule has 0 saturated carbocycles. The monoisotopic (exact) mass is 378 g/mol. The molecular weight excluding hydrogens is 364 g/mol. The second kappa shape index (κ2) is 6.73. The van der Waals surface area contributed by atoms with E-state index in [1.54, 1.807) is 0 Å². The zero-order valence-corrected chi connectivity index (χ0v) is 15.1. The maximum absolute atomic E-state index is 12.7. The van der Waals surface area contributed by atoms with Gasteiger partial charge in [-0.15, -0.1) is 11.3 Å². The lowest BCUT2D eigenvalue weighted by molar-refractivity contribution is -0.384. The molecular formula is C19H14N4O3S. The summed E-state index contributed by atoms with van der Waals surface area (Å²) in [5.41, 5.74) is 2.92. The Morgan fingerprint density at radius 1 is 1.19 bits per heavy atom. The molecule has 0 atom stereocenters. The fourth-order valence-electron chi connectivity index (χ4n) is 2.76. The number of non-ortho nitro benzene ring substituents is 1. The molecule has 8 heteroatoms. The Kier molecular flexibility index (Phi) is 4.25. The Balaban J connectivity index is 1.67. The van der Waals surface area contributed by atoms with Gasteiger partial charge in [0.25, 0.3) is 11.2 Å². The van der Waals surface area contributed by atoms with Gasteiger partial charge in [-0.1, -0.05) is 29.8 Å². The summed E-state index contributed by atoms with van der Waals surface area (Å²) in [6, 6.07) is 12.2. The number of aromatic nitrogens is 3. The van der Waals surface area contributed by atoms with Crippen molar-refractivity contribution in [2.45, 2.75) is 13.5 Å². The molecule has 134 valence electrons. The van der Waals surface area contributed by atoms with Gasteiger partial charge in [-0.25, -0.2) is 9.97 Å². The van der Waals surface area contributed by atoms with Crippen molar-refractivity contribution in [3.05, 3.63) is 85.9 Å². The summed E-state index contributed by atoms with van der Waals surface area (Å²) in [7, 11) is 0. The highest BCUT2D eigenvalue weighted by Gasteiger charge is 2.12. The lowest BCUT2D eigenvalue weighted by Crippen LogP contribution is -2.21. The van der Waals surface area contributed by atoms with Crippen molar-refractivity contribution in [3.8, 4) is 10.6 Å². The maximum Gasteiger partial charge on any atom is 0.270 e. The number of benzene rings is 2. The number of nitrogens with zero attached hydrogens (tertiary/aromatic N) is 4. The SMILES string of the molecule is Cc1ccc(-c2nc(Cn3cnc4ccc([N+](=O)[O-])cc4c3=O)cs2)cc1. The molecule has 0 fully saturated rings. The quantitative estimate of drug-likeness (QED) is 0.398. The van der Waals surface area contributed by atoms with Crippen LogP contribution in [0.15, 0.2) is 59.0 Å². The second-order valence-corrected chi connectivity index (χ2v) is 7.00. The van der Waals surface area contributed by atoms with Crippen molar-refractivity contribution < 1.29 is 4.92 Å². The molecule has 2 heterocycles. The summed E-state index contributed by atoms with van der Waals surface area (Å²) in [6.07, 6.45) is 1.45. The number of aryl methyl sites for hydroxylation is 1. The highest BCUT2D eigenvalue weighted by molar-refractivity contribution is 7.13. The van der Waals surface area contributed by atoms with Gasteiger partial charge in [-0.05, 0) is 13.0 Å². The molecule has 0 aliphatic heterocycles. The molecule has 0 unspecified atom stereocenters. The number of rotatable bonds is 4. The van der Waals surface area contributed by atoms with Crippen LogP contribution in [0.2, 0.25) is 0 Å². The van der Waals surface area contributed by atoms with E-state index in [-0.39, 0.29) is 23.2 Å². The normalized spacial score (nSPS) is 11.0. The summed E-state index contributed by atoms with van der Waals surface area (Å²) >= 11 is 1.51. The maximum atomic E-state index is 12.7. The van der Waals surface area contributed by atoms with Crippen molar-refractivity contribution in [1.29, 1.82) is 0 Å². The molecule has 27 heavy (non-hydrogen) atoms. The van der Waals surface area contributed by atoms with E-state index in [0.717, 1.165) is 16.3 Å². The minimum atomic E-state index is -0.523. The Morgan fingerprint density at radius 2 is 1.96 bits per heavy atom. The Hall–Kier alpha value is -3.39. The fraction of sp³-hybridized carbons (Fsp3) is 0.105. The van der Waals surface area contributed by atoms with Crippen LogP contribution in [-0.4, -0.2) is 19.5 Å². The predicted molar refractivity (Wildman–Crippen MR) is 104 cm³/mol. The zero-order valence-electron chi connectivity index (χ0n) is 14.3. The molecule has 0 amide bonds. The van der Waals surface area contributed by atoms with Gasteiger partial charge in [0.15, 0.2) is 0 Å². The van der Waals surface area contributed by atoms with Gasteiger partial charge in [0.2, 0.25) is 0 Å². The van der Waals surface area contributed by atoms with Gasteiger partial charge < -0.3 is 0 Å². The van der Waals surface area contributed by atoms with Gasteiger partial charge in [0.1, 0.15) is 5.01 Å². The van der Waals surface area contributed by atoms with E-state index in [1.807, 2.05) is 36.6 Å². The molecule has 7 nitrogen and oxygen atoms in total. The molecule has 2 aromatic carbocycles. The third-order valence-electron chi connectivity index (χ3n) is 4.20.